The van der Waals surface area contributed by atoms with Crippen LogP contribution in [0.2, 0.25) is 0 Å². The van der Waals surface area contributed by atoms with E-state index in [-0.39, 0.29) is 11.6 Å². The van der Waals surface area contributed by atoms with Gasteiger partial charge in [-0.1, -0.05) is 13.3 Å². The van der Waals surface area contributed by atoms with Crippen LogP contribution in [0.1, 0.15) is 72.6 Å². The quantitative estimate of drug-likeness (QED) is 0.301. The van der Waals surface area contributed by atoms with Crippen molar-refractivity contribution >= 4 is 27.9 Å². The molecule has 0 radical (unpaired) electrons. The molecule has 3 aliphatic carbocycles. The molecule has 0 aromatic heterocycles. The average molecular weight is 514 g/mol. The van der Waals surface area contributed by atoms with E-state index in [4.69, 9.17) is 4.74 Å². The molecule has 0 aromatic carbocycles. The third kappa shape index (κ3) is 23.6. The van der Waals surface area contributed by atoms with E-state index in [0.29, 0.717) is 5.41 Å². The fourth-order valence-electron chi connectivity index (χ4n) is 3.50. The van der Waals surface area contributed by atoms with Crippen LogP contribution in [0.15, 0.2) is 0 Å². The highest BCUT2D eigenvalue weighted by atomic mass is 19.5. The minimum absolute atomic E-state index is 0.0270. The molecule has 0 aromatic rings. The van der Waals surface area contributed by atoms with Gasteiger partial charge < -0.3 is 61.8 Å². The molecule has 0 heterocycles. The van der Waals surface area contributed by atoms with Gasteiger partial charge in [0.25, 0.3) is 0 Å². The Morgan fingerprint density at radius 2 is 1.00 bits per heavy atom. The van der Waals surface area contributed by atoms with Crippen LogP contribution in [-0.4, -0.2) is 39.0 Å². The molecule has 0 unspecified atom stereocenters. The fourth-order valence-corrected chi connectivity index (χ4v) is 3.50. The molecule has 18 heteroatoms. The van der Waals surface area contributed by atoms with E-state index in [1.54, 1.807) is 0 Å². The van der Waals surface area contributed by atoms with E-state index in [1.807, 2.05) is 20.8 Å². The minimum Gasteiger partial charge on any atom is -0.444 e. The predicted octanol–water partition coefficient (Wildman–Crippen LogP) is 7.91. The summed E-state index contributed by atoms with van der Waals surface area (Å²) in [6.45, 7) is 8.04. The summed E-state index contributed by atoms with van der Waals surface area (Å²) in [5.74, 6) is 0. The Balaban J connectivity index is 0. The lowest BCUT2D eigenvalue weighted by Crippen LogP contribution is -2.57. The van der Waals surface area contributed by atoms with Gasteiger partial charge in [-0.25, -0.2) is 4.79 Å². The average Bonchev–Trinajstić information content (AvgIpc) is 2.49. The number of carbonyl (C=O) groups is 1. The van der Waals surface area contributed by atoms with E-state index in [9.17, 15) is 56.6 Å². The third-order valence-electron chi connectivity index (χ3n) is 4.92. The SMILES string of the molecule is CCC12CCC(NC(=O)OC(C)(C)C)(CC1)CC2.F[B-](F)(F)F.F[B-](F)(F)F.F[B-](F)(F)F. The van der Waals surface area contributed by atoms with Crippen LogP contribution < -0.4 is 5.32 Å². The Hall–Kier alpha value is -1.38. The van der Waals surface area contributed by atoms with Gasteiger partial charge in [0.05, 0.1) is 0 Å². The largest absolute Gasteiger partial charge is 0.673 e. The fraction of sp³-hybridized carbons (Fsp3) is 0.933. The van der Waals surface area contributed by atoms with Crippen LogP contribution in [-0.2, 0) is 4.74 Å². The monoisotopic (exact) mass is 514 g/mol. The molecule has 0 atom stereocenters. The molecular weight excluding hydrogens is 487 g/mol. The zero-order chi connectivity index (χ0) is 26.9. The van der Waals surface area contributed by atoms with E-state index < -0.39 is 27.4 Å². The second-order valence-corrected chi connectivity index (χ2v) is 8.75. The molecule has 0 saturated heterocycles. The van der Waals surface area contributed by atoms with Crippen molar-refractivity contribution in [2.45, 2.75) is 83.8 Å². The van der Waals surface area contributed by atoms with Crippen molar-refractivity contribution in [3.63, 3.8) is 0 Å². The third-order valence-corrected chi connectivity index (χ3v) is 4.92. The molecule has 33 heavy (non-hydrogen) atoms. The topological polar surface area (TPSA) is 38.3 Å². The highest BCUT2D eigenvalue weighted by molar-refractivity contribution is 6.50. The van der Waals surface area contributed by atoms with Gasteiger partial charge in [-0.15, -0.1) is 0 Å². The van der Waals surface area contributed by atoms with Gasteiger partial charge in [0.15, 0.2) is 0 Å². The van der Waals surface area contributed by atoms with E-state index in [2.05, 4.69) is 12.2 Å². The van der Waals surface area contributed by atoms with E-state index in [1.165, 1.54) is 25.7 Å². The van der Waals surface area contributed by atoms with Crippen LogP contribution >= 0.6 is 0 Å². The number of rotatable bonds is 2. The highest BCUT2D eigenvalue weighted by Gasteiger charge is 2.48. The molecule has 3 nitrogen and oxygen atoms in total. The summed E-state index contributed by atoms with van der Waals surface area (Å²) in [6.07, 6.45) is 8.21. The number of halogens is 12. The molecular formula is C15H27B3F12NO2-3. The molecule has 3 rings (SSSR count). The Morgan fingerprint density at radius 1 is 0.727 bits per heavy atom. The number of hydrogen-bond acceptors (Lipinski definition) is 2. The van der Waals surface area contributed by atoms with Crippen molar-refractivity contribution in [3.05, 3.63) is 0 Å². The van der Waals surface area contributed by atoms with Crippen molar-refractivity contribution in [2.24, 2.45) is 5.41 Å². The molecule has 3 fully saturated rings. The summed E-state index contributed by atoms with van der Waals surface area (Å²) in [6, 6.07) is 0. The van der Waals surface area contributed by atoms with Gasteiger partial charge in [-0.05, 0) is 64.7 Å². The number of hydrogen-bond donors (Lipinski definition) is 1. The summed E-state index contributed by atoms with van der Waals surface area (Å²) >= 11 is 0. The first-order valence-corrected chi connectivity index (χ1v) is 9.91. The zero-order valence-corrected chi connectivity index (χ0v) is 18.5. The molecule has 1 amide bonds. The van der Waals surface area contributed by atoms with Gasteiger partial charge in [-0.2, -0.15) is 0 Å². The molecule has 0 spiro atoms. The second-order valence-electron chi connectivity index (χ2n) is 8.75. The summed E-state index contributed by atoms with van der Waals surface area (Å²) < 4.78 is 122. The summed E-state index contributed by atoms with van der Waals surface area (Å²) in [4.78, 5) is 11.9. The van der Waals surface area contributed by atoms with Crippen molar-refractivity contribution in [2.75, 3.05) is 0 Å². The van der Waals surface area contributed by atoms with Crippen molar-refractivity contribution in [1.29, 1.82) is 0 Å². The Morgan fingerprint density at radius 3 is 1.21 bits per heavy atom. The van der Waals surface area contributed by atoms with Crippen molar-refractivity contribution in [1.82, 2.24) is 5.32 Å². The maximum absolute atomic E-state index is 11.9. The molecule has 200 valence electrons. The highest BCUT2D eigenvalue weighted by Crippen LogP contribution is 2.53. The Labute approximate surface area is 184 Å². The first-order chi connectivity index (χ1) is 14.3. The lowest BCUT2D eigenvalue weighted by Gasteiger charge is -2.53. The van der Waals surface area contributed by atoms with Gasteiger partial charge in [0.1, 0.15) is 5.60 Å². The smallest absolute Gasteiger partial charge is 0.444 e. The molecule has 3 saturated carbocycles. The second kappa shape index (κ2) is 12.4. The van der Waals surface area contributed by atoms with E-state index in [0.717, 1.165) is 19.3 Å². The van der Waals surface area contributed by atoms with Crippen LogP contribution in [0, 0.1) is 5.41 Å². The molecule has 0 aliphatic heterocycles. The summed E-state index contributed by atoms with van der Waals surface area (Å²) in [5, 5.41) is 3.16. The van der Waals surface area contributed by atoms with Gasteiger partial charge in [0.2, 0.25) is 0 Å². The van der Waals surface area contributed by atoms with Gasteiger partial charge in [-0.3, -0.25) is 0 Å². The zero-order valence-electron chi connectivity index (χ0n) is 18.5. The summed E-state index contributed by atoms with van der Waals surface area (Å²) in [7, 11) is -18.0. The number of fused-ring (bicyclic) bond motifs is 3. The Kier molecular flexibility index (Phi) is 12.7. The standard InChI is InChI=1S/C15H27NO2.3BF4/c1-5-14-6-9-15(10-7-14,11-8-14)16-12(17)18-13(2,3)4;3*2-1(3,4)5/h5-11H2,1-4H3,(H,16,17);;;/q;3*-1. The molecule has 2 bridgehead atoms. The Bertz CT molecular complexity index is 520. The molecule has 1 N–H and O–H groups in total. The van der Waals surface area contributed by atoms with Gasteiger partial charge in [0, 0.05) is 5.54 Å². The van der Waals surface area contributed by atoms with Crippen LogP contribution in [0.25, 0.3) is 0 Å². The van der Waals surface area contributed by atoms with Crippen molar-refractivity contribution < 1.29 is 61.3 Å². The summed E-state index contributed by atoms with van der Waals surface area (Å²) in [5.41, 5.74) is 0.202. The maximum Gasteiger partial charge on any atom is 0.673 e. The first kappa shape index (κ1) is 33.8. The number of nitrogens with one attached hydrogen (secondary N) is 1. The first-order valence-electron chi connectivity index (χ1n) is 9.91. The maximum atomic E-state index is 11.9. The van der Waals surface area contributed by atoms with E-state index >= 15 is 0 Å². The number of alkyl carbamates (subject to hydrolysis) is 1. The minimum atomic E-state index is -6.00. The van der Waals surface area contributed by atoms with Crippen LogP contribution in [0.5, 0.6) is 0 Å². The number of carbonyl (C=O) groups excluding carboxylic acids is 1. The lowest BCUT2D eigenvalue weighted by atomic mass is 9.56. The molecule has 3 aliphatic rings. The number of amides is 1. The van der Waals surface area contributed by atoms with Gasteiger partial charge >= 0.3 is 27.9 Å². The van der Waals surface area contributed by atoms with Crippen LogP contribution in [0.4, 0.5) is 56.6 Å². The lowest BCUT2D eigenvalue weighted by molar-refractivity contribution is 0.00286. The van der Waals surface area contributed by atoms with Crippen molar-refractivity contribution in [3.8, 4) is 0 Å². The number of ether oxygens (including phenoxy) is 1. The van der Waals surface area contributed by atoms with Crippen LogP contribution in [0.3, 0.4) is 0 Å². The predicted molar refractivity (Wildman–Crippen MR) is 103 cm³/mol. The normalized spacial score (nSPS) is 24.7.